The molecule has 0 bridgehead atoms. The molecule has 1 aromatic heterocycles. The Kier molecular flexibility index (Phi) is 4.06. The van der Waals surface area contributed by atoms with Gasteiger partial charge < -0.3 is 4.74 Å². The number of hydrogen-bond donors (Lipinski definition) is 2. The summed E-state index contributed by atoms with van der Waals surface area (Å²) in [7, 11) is 0. The van der Waals surface area contributed by atoms with Crippen LogP contribution >= 0.6 is 11.6 Å². The molecule has 0 spiro atoms. The van der Waals surface area contributed by atoms with Crippen LogP contribution in [0.5, 0.6) is 0 Å². The van der Waals surface area contributed by atoms with Gasteiger partial charge in [0.1, 0.15) is 11.4 Å². The van der Waals surface area contributed by atoms with Crippen LogP contribution < -0.4 is 11.0 Å². The van der Waals surface area contributed by atoms with Gasteiger partial charge in [-0.25, -0.2) is 9.59 Å². The first-order valence-corrected chi connectivity index (χ1v) is 5.37. The van der Waals surface area contributed by atoms with Crippen molar-refractivity contribution in [3.8, 4) is 0 Å². The summed E-state index contributed by atoms with van der Waals surface area (Å²) in [4.78, 5) is 32.0. The van der Waals surface area contributed by atoms with Crippen LogP contribution in [0, 0.1) is 0 Å². The van der Waals surface area contributed by atoms with Gasteiger partial charge in [0.15, 0.2) is 0 Å². The number of carbonyl (C=O) groups is 1. The first-order chi connectivity index (χ1) is 7.80. The minimum absolute atomic E-state index is 0.0146. The van der Waals surface area contributed by atoms with Crippen molar-refractivity contribution in [1.29, 1.82) is 0 Å². The van der Waals surface area contributed by atoms with E-state index in [4.69, 9.17) is 16.3 Å². The summed E-state index contributed by atoms with van der Waals surface area (Å²) in [5.41, 5.74) is -1.28. The Morgan fingerprint density at radius 2 is 2.12 bits per heavy atom. The summed E-state index contributed by atoms with van der Waals surface area (Å²) in [5.74, 6) is 0.0946. The summed E-state index contributed by atoms with van der Waals surface area (Å²) < 4.78 is 4.98. The van der Waals surface area contributed by atoms with E-state index in [1.54, 1.807) is 20.8 Å². The zero-order valence-electron chi connectivity index (χ0n) is 9.70. The van der Waals surface area contributed by atoms with Gasteiger partial charge >= 0.3 is 11.8 Å². The Morgan fingerprint density at radius 3 is 2.65 bits per heavy atom. The van der Waals surface area contributed by atoms with Crippen LogP contribution in [0.15, 0.2) is 4.79 Å². The summed E-state index contributed by atoms with van der Waals surface area (Å²) >= 11 is 5.51. The Hall–Kier alpha value is -1.63. The lowest BCUT2D eigenvalue weighted by Gasteiger charge is -2.19. The molecular weight excluding hydrogens is 248 g/mol. The molecule has 0 aliphatic heterocycles. The third-order valence-electron chi connectivity index (χ3n) is 1.44. The Labute approximate surface area is 103 Å². The normalized spacial score (nSPS) is 11.1. The second kappa shape index (κ2) is 5.13. The highest BCUT2D eigenvalue weighted by atomic mass is 35.5. The van der Waals surface area contributed by atoms with Crippen molar-refractivity contribution in [1.82, 2.24) is 15.0 Å². The maximum Gasteiger partial charge on any atom is 0.414 e. The number of aromatic amines is 1. The number of anilines is 1. The molecule has 1 aromatic rings. The number of ether oxygens (including phenoxy) is 1. The number of amides is 1. The van der Waals surface area contributed by atoms with E-state index < -0.39 is 17.4 Å². The molecule has 17 heavy (non-hydrogen) atoms. The minimum Gasteiger partial charge on any atom is -0.444 e. The monoisotopic (exact) mass is 260 g/mol. The average molecular weight is 261 g/mol. The molecule has 0 radical (unpaired) electrons. The number of rotatable bonds is 2. The zero-order valence-corrected chi connectivity index (χ0v) is 10.5. The van der Waals surface area contributed by atoms with E-state index in [2.05, 4.69) is 20.3 Å². The molecule has 0 saturated heterocycles. The fourth-order valence-electron chi connectivity index (χ4n) is 0.942. The van der Waals surface area contributed by atoms with Crippen molar-refractivity contribution >= 4 is 23.6 Å². The van der Waals surface area contributed by atoms with Crippen molar-refractivity contribution in [2.75, 3.05) is 5.32 Å². The maximum atomic E-state index is 11.4. The third kappa shape index (κ3) is 4.81. The lowest BCUT2D eigenvalue weighted by atomic mass is 10.2. The molecular formula is C9H13ClN4O3. The molecule has 1 amide bonds. The van der Waals surface area contributed by atoms with Crippen LogP contribution in [-0.4, -0.2) is 26.6 Å². The summed E-state index contributed by atoms with van der Waals surface area (Å²) in [5, 5.41) is 2.25. The fourth-order valence-corrected chi connectivity index (χ4v) is 1.07. The molecule has 94 valence electrons. The van der Waals surface area contributed by atoms with Crippen LogP contribution in [0.2, 0.25) is 0 Å². The van der Waals surface area contributed by atoms with Gasteiger partial charge in [0.25, 0.3) is 0 Å². The van der Waals surface area contributed by atoms with Crippen molar-refractivity contribution in [2.45, 2.75) is 32.3 Å². The number of nitrogens with one attached hydrogen (secondary N) is 2. The van der Waals surface area contributed by atoms with Gasteiger partial charge in [-0.1, -0.05) is 0 Å². The molecule has 0 atom stereocenters. The Morgan fingerprint density at radius 1 is 1.47 bits per heavy atom. The van der Waals surface area contributed by atoms with Gasteiger partial charge in [0.2, 0.25) is 5.95 Å². The molecule has 1 heterocycles. The molecule has 8 heteroatoms. The molecule has 7 nitrogen and oxygen atoms in total. The molecule has 2 N–H and O–H groups in total. The van der Waals surface area contributed by atoms with Crippen LogP contribution in [0.25, 0.3) is 0 Å². The number of hydrogen-bond acceptors (Lipinski definition) is 5. The molecule has 0 aromatic carbocycles. The van der Waals surface area contributed by atoms with Gasteiger partial charge in [-0.05, 0) is 20.8 Å². The van der Waals surface area contributed by atoms with Crippen molar-refractivity contribution in [2.24, 2.45) is 0 Å². The SMILES string of the molecule is CC(C)(C)OC(=O)Nc1nc(CCl)[nH]c(=O)n1. The number of carbonyl (C=O) groups excluding carboxylic acids is 1. The first kappa shape index (κ1) is 13.4. The topological polar surface area (TPSA) is 97.0 Å². The Bertz CT molecular complexity index is 466. The average Bonchev–Trinajstić information content (AvgIpc) is 2.13. The van der Waals surface area contributed by atoms with E-state index in [9.17, 15) is 9.59 Å². The highest BCUT2D eigenvalue weighted by molar-refractivity contribution is 6.16. The number of aromatic nitrogens is 3. The lowest BCUT2D eigenvalue weighted by Crippen LogP contribution is -2.29. The van der Waals surface area contributed by atoms with E-state index in [-0.39, 0.29) is 17.7 Å². The summed E-state index contributed by atoms with van der Waals surface area (Å²) in [6, 6.07) is 0. The van der Waals surface area contributed by atoms with Gasteiger partial charge in [-0.2, -0.15) is 9.97 Å². The lowest BCUT2D eigenvalue weighted by molar-refractivity contribution is 0.0634. The molecule has 0 aliphatic carbocycles. The van der Waals surface area contributed by atoms with Crippen molar-refractivity contribution < 1.29 is 9.53 Å². The molecule has 1 rings (SSSR count). The predicted molar refractivity (Wildman–Crippen MR) is 62.1 cm³/mol. The fraction of sp³-hybridized carbons (Fsp3) is 0.556. The van der Waals surface area contributed by atoms with Crippen LogP contribution in [0.1, 0.15) is 26.6 Å². The number of H-pyrrole nitrogens is 1. The highest BCUT2D eigenvalue weighted by Gasteiger charge is 2.17. The van der Waals surface area contributed by atoms with E-state index in [0.29, 0.717) is 0 Å². The van der Waals surface area contributed by atoms with Gasteiger partial charge in [-0.15, -0.1) is 11.6 Å². The second-order valence-electron chi connectivity index (χ2n) is 4.18. The van der Waals surface area contributed by atoms with Gasteiger partial charge in [0, 0.05) is 0 Å². The summed E-state index contributed by atoms with van der Waals surface area (Å²) in [6.07, 6.45) is -0.733. The molecule has 0 unspecified atom stereocenters. The van der Waals surface area contributed by atoms with E-state index in [1.165, 1.54) is 0 Å². The van der Waals surface area contributed by atoms with Crippen LogP contribution in [0.4, 0.5) is 10.7 Å². The Balaban J connectivity index is 2.78. The van der Waals surface area contributed by atoms with E-state index in [1.807, 2.05) is 0 Å². The highest BCUT2D eigenvalue weighted by Crippen LogP contribution is 2.08. The smallest absolute Gasteiger partial charge is 0.414 e. The molecule has 0 fully saturated rings. The molecule has 0 aliphatic rings. The first-order valence-electron chi connectivity index (χ1n) is 4.83. The van der Waals surface area contributed by atoms with Crippen LogP contribution in [0.3, 0.4) is 0 Å². The second-order valence-corrected chi connectivity index (χ2v) is 4.45. The summed E-state index contributed by atoms with van der Waals surface area (Å²) in [6.45, 7) is 5.15. The molecule has 0 saturated carbocycles. The number of halogens is 1. The quantitative estimate of drug-likeness (QED) is 0.780. The van der Waals surface area contributed by atoms with E-state index in [0.717, 1.165) is 0 Å². The van der Waals surface area contributed by atoms with Crippen molar-refractivity contribution in [3.63, 3.8) is 0 Å². The van der Waals surface area contributed by atoms with Gasteiger partial charge in [0.05, 0.1) is 5.88 Å². The largest absolute Gasteiger partial charge is 0.444 e. The predicted octanol–water partition coefficient (Wildman–Crippen LogP) is 1.25. The zero-order chi connectivity index (χ0) is 13.1. The third-order valence-corrected chi connectivity index (χ3v) is 1.69. The standard InChI is InChI=1S/C9H13ClN4O3/c1-9(2,3)17-8(16)14-6-11-5(4-10)12-7(15)13-6/h4H2,1-3H3,(H2,11,12,13,14,15,16). The van der Waals surface area contributed by atoms with Crippen molar-refractivity contribution in [3.05, 3.63) is 16.3 Å². The number of nitrogens with zero attached hydrogens (tertiary/aromatic N) is 2. The minimum atomic E-state index is -0.733. The van der Waals surface area contributed by atoms with Crippen LogP contribution in [-0.2, 0) is 10.6 Å². The van der Waals surface area contributed by atoms with E-state index >= 15 is 0 Å². The maximum absolute atomic E-state index is 11.4. The van der Waals surface area contributed by atoms with Gasteiger partial charge in [-0.3, -0.25) is 10.3 Å². The number of alkyl halides is 1.